The molecule has 1 aliphatic heterocycles. The maximum Gasteiger partial charge on any atom is 0.496 e. The van der Waals surface area contributed by atoms with Crippen LogP contribution in [0.25, 0.3) is 4.85 Å². The van der Waals surface area contributed by atoms with Gasteiger partial charge in [0.25, 0.3) is 0 Å². The number of halogens is 1. The lowest BCUT2D eigenvalue weighted by atomic mass is 9.78. The van der Waals surface area contributed by atoms with Gasteiger partial charge in [0.05, 0.1) is 17.8 Å². The number of nitrogens with zero attached hydrogens (tertiary/aromatic N) is 1. The van der Waals surface area contributed by atoms with E-state index in [1.165, 1.54) is 18.2 Å². The third-order valence-electron chi connectivity index (χ3n) is 3.62. The largest absolute Gasteiger partial charge is 0.496 e. The van der Waals surface area contributed by atoms with Gasteiger partial charge in [0.1, 0.15) is 5.82 Å². The van der Waals surface area contributed by atoms with Crippen LogP contribution in [0.1, 0.15) is 27.7 Å². The van der Waals surface area contributed by atoms with Gasteiger partial charge in [-0.3, -0.25) is 0 Å². The van der Waals surface area contributed by atoms with E-state index in [1.807, 2.05) is 27.7 Å². The summed E-state index contributed by atoms with van der Waals surface area (Å²) in [6.45, 7) is 14.6. The molecule has 1 heterocycles. The van der Waals surface area contributed by atoms with E-state index in [4.69, 9.17) is 15.9 Å². The Morgan fingerprint density at radius 2 is 1.72 bits per heavy atom. The van der Waals surface area contributed by atoms with Gasteiger partial charge in [0, 0.05) is 5.46 Å². The molecular weight excluding hydrogens is 232 g/mol. The standard InChI is InChI=1S/C13H15BFNO2/c1-12(2)13(3,4)18-14(17-12)10-8-9(16-5)6-7-11(10)15/h6-8H,1-4H3. The van der Waals surface area contributed by atoms with Crippen molar-refractivity contribution in [2.45, 2.75) is 38.9 Å². The Morgan fingerprint density at radius 1 is 1.17 bits per heavy atom. The molecule has 0 bridgehead atoms. The van der Waals surface area contributed by atoms with E-state index in [-0.39, 0.29) is 5.46 Å². The van der Waals surface area contributed by atoms with Crippen molar-refractivity contribution in [3.63, 3.8) is 0 Å². The van der Waals surface area contributed by atoms with Crippen LogP contribution in [-0.2, 0) is 9.31 Å². The first-order chi connectivity index (χ1) is 8.27. The second-order valence-electron chi connectivity index (χ2n) is 5.41. The lowest BCUT2D eigenvalue weighted by Gasteiger charge is -2.32. The Balaban J connectivity index is 2.38. The zero-order chi connectivity index (χ0) is 13.6. The quantitative estimate of drug-likeness (QED) is 0.562. The predicted molar refractivity (Wildman–Crippen MR) is 68.4 cm³/mol. The summed E-state index contributed by atoms with van der Waals surface area (Å²) in [7, 11) is -0.767. The van der Waals surface area contributed by atoms with E-state index in [9.17, 15) is 4.39 Å². The Hall–Kier alpha value is -1.38. The maximum atomic E-state index is 13.8. The maximum absolute atomic E-state index is 13.8. The van der Waals surface area contributed by atoms with Crippen LogP contribution in [0.15, 0.2) is 18.2 Å². The average Bonchev–Trinajstić information content (AvgIpc) is 2.48. The van der Waals surface area contributed by atoms with Crippen molar-refractivity contribution in [2.24, 2.45) is 0 Å². The normalized spacial score (nSPS) is 20.8. The van der Waals surface area contributed by atoms with E-state index < -0.39 is 24.1 Å². The zero-order valence-electron chi connectivity index (χ0n) is 11.0. The van der Waals surface area contributed by atoms with Crippen LogP contribution >= 0.6 is 0 Å². The minimum Gasteiger partial charge on any atom is -0.399 e. The highest BCUT2D eigenvalue weighted by molar-refractivity contribution is 6.62. The van der Waals surface area contributed by atoms with Gasteiger partial charge in [-0.05, 0) is 33.8 Å². The molecule has 0 amide bonds. The van der Waals surface area contributed by atoms with Gasteiger partial charge in [-0.1, -0.05) is 12.1 Å². The first-order valence-corrected chi connectivity index (χ1v) is 5.79. The smallest absolute Gasteiger partial charge is 0.399 e. The van der Waals surface area contributed by atoms with Gasteiger partial charge < -0.3 is 9.31 Å². The molecule has 1 aromatic carbocycles. The molecule has 0 spiro atoms. The molecular formula is C13H15BFNO2. The average molecular weight is 247 g/mol. The molecule has 0 radical (unpaired) electrons. The molecule has 3 nitrogen and oxygen atoms in total. The predicted octanol–water partition coefficient (Wildman–Crippen LogP) is 2.68. The number of hydrogen-bond acceptors (Lipinski definition) is 2. The summed E-state index contributed by atoms with van der Waals surface area (Å²) >= 11 is 0. The molecule has 1 saturated heterocycles. The van der Waals surface area contributed by atoms with Gasteiger partial charge in [-0.25, -0.2) is 9.24 Å². The molecule has 0 aliphatic carbocycles. The molecule has 1 aliphatic rings. The minimum atomic E-state index is -0.767. The van der Waals surface area contributed by atoms with Crippen molar-refractivity contribution in [1.82, 2.24) is 0 Å². The molecule has 94 valence electrons. The molecule has 0 unspecified atom stereocenters. The summed E-state index contributed by atoms with van der Waals surface area (Å²) in [5.41, 5.74) is -0.376. The molecule has 18 heavy (non-hydrogen) atoms. The monoisotopic (exact) mass is 247 g/mol. The second kappa shape index (κ2) is 4.08. The fourth-order valence-corrected chi connectivity index (χ4v) is 1.75. The van der Waals surface area contributed by atoms with Crippen LogP contribution in [0.5, 0.6) is 0 Å². The van der Waals surface area contributed by atoms with Crippen molar-refractivity contribution < 1.29 is 13.7 Å². The van der Waals surface area contributed by atoms with E-state index in [0.717, 1.165) is 0 Å². The number of hydrogen-bond donors (Lipinski definition) is 0. The second-order valence-corrected chi connectivity index (χ2v) is 5.41. The third-order valence-corrected chi connectivity index (χ3v) is 3.62. The van der Waals surface area contributed by atoms with Crippen LogP contribution in [-0.4, -0.2) is 18.3 Å². The number of rotatable bonds is 1. The fraction of sp³-hybridized carbons (Fsp3) is 0.462. The highest BCUT2D eigenvalue weighted by Gasteiger charge is 2.52. The van der Waals surface area contributed by atoms with Gasteiger partial charge in [0.15, 0.2) is 5.69 Å². The van der Waals surface area contributed by atoms with Crippen molar-refractivity contribution in [3.05, 3.63) is 35.4 Å². The Kier molecular flexibility index (Phi) is 2.96. The van der Waals surface area contributed by atoms with Crippen LogP contribution in [0, 0.1) is 12.4 Å². The van der Waals surface area contributed by atoms with Crippen molar-refractivity contribution >= 4 is 18.3 Å². The first-order valence-electron chi connectivity index (χ1n) is 5.79. The van der Waals surface area contributed by atoms with E-state index in [1.54, 1.807) is 0 Å². The summed E-state index contributed by atoms with van der Waals surface area (Å²) in [4.78, 5) is 3.29. The molecule has 5 heteroatoms. The summed E-state index contributed by atoms with van der Waals surface area (Å²) in [6.07, 6.45) is 0. The molecule has 1 aromatic rings. The summed E-state index contributed by atoms with van der Waals surface area (Å²) in [6, 6.07) is 4.19. The highest BCUT2D eigenvalue weighted by Crippen LogP contribution is 2.36. The molecule has 2 rings (SSSR count). The van der Waals surface area contributed by atoms with Crippen LogP contribution in [0.4, 0.5) is 10.1 Å². The van der Waals surface area contributed by atoms with Gasteiger partial charge in [0.2, 0.25) is 0 Å². The van der Waals surface area contributed by atoms with Gasteiger partial charge in [-0.15, -0.1) is 0 Å². The highest BCUT2D eigenvalue weighted by atomic mass is 19.1. The van der Waals surface area contributed by atoms with Crippen molar-refractivity contribution in [2.75, 3.05) is 0 Å². The summed E-state index contributed by atoms with van der Waals surface area (Å²) in [5.74, 6) is -0.416. The van der Waals surface area contributed by atoms with Crippen LogP contribution in [0.3, 0.4) is 0 Å². The van der Waals surface area contributed by atoms with Crippen molar-refractivity contribution in [3.8, 4) is 0 Å². The summed E-state index contributed by atoms with van der Waals surface area (Å²) in [5, 5.41) is 0. The van der Waals surface area contributed by atoms with Gasteiger partial charge >= 0.3 is 7.12 Å². The van der Waals surface area contributed by atoms with E-state index >= 15 is 0 Å². The van der Waals surface area contributed by atoms with Crippen molar-refractivity contribution in [1.29, 1.82) is 0 Å². The molecule has 0 aromatic heterocycles. The Bertz CT molecular complexity index is 506. The summed E-state index contributed by atoms with van der Waals surface area (Å²) < 4.78 is 25.3. The fourth-order valence-electron chi connectivity index (χ4n) is 1.75. The van der Waals surface area contributed by atoms with E-state index in [2.05, 4.69) is 4.85 Å². The SMILES string of the molecule is [C-]#[N+]c1ccc(F)c(B2OC(C)(C)C(C)(C)O2)c1. The lowest BCUT2D eigenvalue weighted by molar-refractivity contribution is 0.00578. The first kappa shape index (κ1) is 13.1. The Labute approximate surface area is 107 Å². The van der Waals surface area contributed by atoms with Gasteiger partial charge in [-0.2, -0.15) is 0 Å². The third kappa shape index (κ3) is 2.02. The van der Waals surface area contributed by atoms with Crippen LogP contribution in [0.2, 0.25) is 0 Å². The van der Waals surface area contributed by atoms with Crippen LogP contribution < -0.4 is 5.46 Å². The topological polar surface area (TPSA) is 22.8 Å². The van der Waals surface area contributed by atoms with E-state index in [0.29, 0.717) is 5.69 Å². The Morgan fingerprint density at radius 3 is 2.22 bits per heavy atom. The minimum absolute atomic E-state index is 0.280. The molecule has 1 fully saturated rings. The molecule has 0 N–H and O–H groups in total. The zero-order valence-corrected chi connectivity index (χ0v) is 11.0. The molecule has 0 atom stereocenters. The molecule has 0 saturated carbocycles. The number of benzene rings is 1. The lowest BCUT2D eigenvalue weighted by Crippen LogP contribution is -2.41.